The highest BCUT2D eigenvalue weighted by Crippen LogP contribution is 2.31. The molecule has 1 aliphatic heterocycles. The molecule has 10 nitrogen and oxygen atoms in total. The summed E-state index contributed by atoms with van der Waals surface area (Å²) in [7, 11) is 0. The third kappa shape index (κ3) is 4.24. The van der Waals surface area contributed by atoms with Gasteiger partial charge in [-0.1, -0.05) is 0 Å². The zero-order valence-electron chi connectivity index (χ0n) is 18.4. The van der Waals surface area contributed by atoms with E-state index in [4.69, 9.17) is 0 Å². The van der Waals surface area contributed by atoms with E-state index in [0.717, 1.165) is 0 Å². The maximum atomic E-state index is 13.7. The van der Waals surface area contributed by atoms with E-state index < -0.39 is 36.3 Å². The molecule has 34 heavy (non-hydrogen) atoms. The molecule has 12 heteroatoms. The van der Waals surface area contributed by atoms with E-state index in [2.05, 4.69) is 20.5 Å². The van der Waals surface area contributed by atoms with Crippen LogP contribution in [0.1, 0.15) is 53.0 Å². The van der Waals surface area contributed by atoms with Gasteiger partial charge >= 0.3 is 5.97 Å². The normalized spacial score (nSPS) is 16.1. The summed E-state index contributed by atoms with van der Waals surface area (Å²) in [5.41, 5.74) is 0.641. The monoisotopic (exact) mass is 469 g/mol. The van der Waals surface area contributed by atoms with Gasteiger partial charge in [-0.25, -0.2) is 18.6 Å². The van der Waals surface area contributed by atoms with Crippen molar-refractivity contribution in [1.29, 1.82) is 5.26 Å². The van der Waals surface area contributed by atoms with Gasteiger partial charge in [-0.15, -0.1) is 5.10 Å². The van der Waals surface area contributed by atoms with Crippen molar-refractivity contribution in [2.75, 3.05) is 23.3 Å². The largest absolute Gasteiger partial charge is 0.476 e. The van der Waals surface area contributed by atoms with Crippen LogP contribution in [0.3, 0.4) is 0 Å². The summed E-state index contributed by atoms with van der Waals surface area (Å²) in [6.07, 6.45) is 2.10. The molecule has 0 aliphatic carbocycles. The van der Waals surface area contributed by atoms with E-state index in [9.17, 15) is 28.7 Å². The number of piperidine rings is 1. The van der Waals surface area contributed by atoms with Gasteiger partial charge in [0.1, 0.15) is 11.7 Å². The summed E-state index contributed by atoms with van der Waals surface area (Å²) < 4.78 is 28.6. The second-order valence-corrected chi connectivity index (χ2v) is 8.20. The Hall–Kier alpha value is -4.14. The summed E-state index contributed by atoms with van der Waals surface area (Å²) in [6.45, 7) is 3.45. The summed E-state index contributed by atoms with van der Waals surface area (Å²) in [4.78, 5) is 30.8. The van der Waals surface area contributed by atoms with Gasteiger partial charge in [0.25, 0.3) is 11.5 Å². The zero-order valence-corrected chi connectivity index (χ0v) is 18.4. The molecule has 3 aromatic rings. The van der Waals surface area contributed by atoms with Crippen LogP contribution in [0, 0.1) is 18.3 Å². The SMILES string of the molecule is Cc1cc([C@@H](C)Nc2ccnnc2C(=O)O)c2nc(N3CCC(F)(F)CC3)c(C#N)c(=O)n2c1. The fourth-order valence-electron chi connectivity index (χ4n) is 4.00. The molecule has 4 rings (SSSR count). The Morgan fingerprint density at radius 1 is 1.35 bits per heavy atom. The molecule has 0 radical (unpaired) electrons. The molecule has 3 aromatic heterocycles. The Morgan fingerprint density at radius 2 is 2.06 bits per heavy atom. The summed E-state index contributed by atoms with van der Waals surface area (Å²) >= 11 is 0. The second kappa shape index (κ2) is 8.66. The number of nitrogens with one attached hydrogen (secondary N) is 1. The summed E-state index contributed by atoms with van der Waals surface area (Å²) in [5, 5.41) is 29.4. The fourth-order valence-corrected chi connectivity index (χ4v) is 4.00. The lowest BCUT2D eigenvalue weighted by Gasteiger charge is -2.33. The number of nitriles is 1. The number of anilines is 2. The summed E-state index contributed by atoms with van der Waals surface area (Å²) in [6, 6.07) is 4.61. The van der Waals surface area contributed by atoms with E-state index in [0.29, 0.717) is 11.1 Å². The lowest BCUT2D eigenvalue weighted by molar-refractivity contribution is -0.0221. The molecule has 176 valence electrons. The number of carboxylic acid groups (broad SMARTS) is 1. The Labute approximate surface area is 192 Å². The quantitative estimate of drug-likeness (QED) is 0.578. The van der Waals surface area contributed by atoms with Crippen LogP contribution in [0.4, 0.5) is 20.3 Å². The predicted molar refractivity (Wildman–Crippen MR) is 118 cm³/mol. The lowest BCUT2D eigenvalue weighted by atomic mass is 10.1. The first-order valence-corrected chi connectivity index (χ1v) is 10.5. The smallest absolute Gasteiger partial charge is 0.358 e. The highest BCUT2D eigenvalue weighted by molar-refractivity contribution is 5.91. The number of alkyl halides is 2. The first-order valence-electron chi connectivity index (χ1n) is 10.5. The first kappa shape index (κ1) is 23.0. The topological polar surface area (TPSA) is 137 Å². The van der Waals surface area contributed by atoms with Gasteiger partial charge in [-0.05, 0) is 31.5 Å². The van der Waals surface area contributed by atoms with Gasteiger partial charge in [-0.2, -0.15) is 10.4 Å². The Morgan fingerprint density at radius 3 is 2.71 bits per heavy atom. The van der Waals surface area contributed by atoms with Crippen LogP contribution in [-0.2, 0) is 0 Å². The van der Waals surface area contributed by atoms with Crippen LogP contribution in [0.15, 0.2) is 29.3 Å². The molecule has 1 atom stereocenters. The minimum atomic E-state index is -2.80. The first-order chi connectivity index (χ1) is 16.1. The van der Waals surface area contributed by atoms with Gasteiger partial charge < -0.3 is 15.3 Å². The minimum Gasteiger partial charge on any atom is -0.476 e. The molecule has 2 N–H and O–H groups in total. The van der Waals surface area contributed by atoms with Gasteiger partial charge in [-0.3, -0.25) is 9.20 Å². The van der Waals surface area contributed by atoms with Crippen LogP contribution in [-0.4, -0.2) is 49.7 Å². The van der Waals surface area contributed by atoms with Crippen molar-refractivity contribution in [1.82, 2.24) is 19.6 Å². The van der Waals surface area contributed by atoms with E-state index >= 15 is 0 Å². The average Bonchev–Trinajstić information content (AvgIpc) is 2.79. The number of aromatic carboxylic acids is 1. The summed E-state index contributed by atoms with van der Waals surface area (Å²) in [5.74, 6) is -3.98. The molecule has 0 saturated carbocycles. The van der Waals surface area contributed by atoms with Crippen molar-refractivity contribution in [3.05, 3.63) is 57.3 Å². The highest BCUT2D eigenvalue weighted by atomic mass is 19.3. The van der Waals surface area contributed by atoms with Gasteiger partial charge in [0, 0.05) is 37.7 Å². The van der Waals surface area contributed by atoms with E-state index in [-0.39, 0.29) is 41.5 Å². The molecule has 0 unspecified atom stereocenters. The molecule has 0 bridgehead atoms. The number of pyridine rings is 1. The van der Waals surface area contributed by atoms with Crippen molar-refractivity contribution in [2.45, 2.75) is 38.7 Å². The molecular weight excluding hydrogens is 448 g/mol. The lowest BCUT2D eigenvalue weighted by Crippen LogP contribution is -2.41. The van der Waals surface area contributed by atoms with Crippen molar-refractivity contribution in [2.24, 2.45) is 0 Å². The number of hydrogen-bond acceptors (Lipinski definition) is 8. The van der Waals surface area contributed by atoms with Gasteiger partial charge in [0.15, 0.2) is 17.1 Å². The van der Waals surface area contributed by atoms with Crippen LogP contribution in [0.5, 0.6) is 0 Å². The number of nitrogens with zero attached hydrogens (tertiary/aromatic N) is 6. The number of hydrogen-bond donors (Lipinski definition) is 2. The van der Waals surface area contributed by atoms with Crippen molar-refractivity contribution >= 4 is 23.1 Å². The number of halogens is 2. The number of aryl methyl sites for hydroxylation is 1. The molecule has 0 amide bonds. The maximum Gasteiger partial charge on any atom is 0.358 e. The molecule has 1 saturated heterocycles. The van der Waals surface area contributed by atoms with Crippen molar-refractivity contribution < 1.29 is 18.7 Å². The highest BCUT2D eigenvalue weighted by Gasteiger charge is 2.35. The molecule has 0 aromatic carbocycles. The van der Waals surface area contributed by atoms with Crippen molar-refractivity contribution in [3.63, 3.8) is 0 Å². The Kier molecular flexibility index (Phi) is 5.87. The maximum absolute atomic E-state index is 13.7. The van der Waals surface area contributed by atoms with Crippen molar-refractivity contribution in [3.8, 4) is 6.07 Å². The Bertz CT molecular complexity index is 1370. The van der Waals surface area contributed by atoms with E-state index in [1.807, 2.05) is 6.07 Å². The zero-order chi connectivity index (χ0) is 24.6. The molecular formula is C22H21F2N7O3. The molecule has 4 heterocycles. The second-order valence-electron chi connectivity index (χ2n) is 8.20. The van der Waals surface area contributed by atoms with Crippen LogP contribution in [0.25, 0.3) is 5.65 Å². The van der Waals surface area contributed by atoms with Gasteiger partial charge in [0.05, 0.1) is 17.9 Å². The van der Waals surface area contributed by atoms with Crippen LogP contribution < -0.4 is 15.8 Å². The standard InChI is InChI=1S/C22H21F2N7O3/c1-12-9-14(13(2)27-16-3-6-26-29-17(16)21(33)34)19-28-18(15(10-25)20(32)31(19)11-12)30-7-4-22(23,24)5-8-30/h3,6,9,11,13H,4-5,7-8H2,1-2H3,(H,26,27)(H,33,34)/t13-/m1/s1. The number of fused-ring (bicyclic) bond motifs is 1. The molecule has 1 fully saturated rings. The molecule has 1 aliphatic rings. The van der Waals surface area contributed by atoms with Crippen LogP contribution >= 0.6 is 0 Å². The van der Waals surface area contributed by atoms with Gasteiger partial charge in [0.2, 0.25) is 0 Å². The third-order valence-electron chi connectivity index (χ3n) is 5.74. The minimum absolute atomic E-state index is 0.0378. The number of aromatic nitrogens is 4. The predicted octanol–water partition coefficient (Wildman–Crippen LogP) is 2.77. The van der Waals surface area contributed by atoms with Crippen LogP contribution in [0.2, 0.25) is 0 Å². The number of rotatable bonds is 5. The van der Waals surface area contributed by atoms with E-state index in [1.54, 1.807) is 26.1 Å². The number of carboxylic acids is 1. The Balaban J connectivity index is 1.83. The fraction of sp³-hybridized carbons (Fsp3) is 0.364. The average molecular weight is 469 g/mol. The molecule has 0 spiro atoms. The third-order valence-corrected chi connectivity index (χ3v) is 5.74. The number of carbonyl (C=O) groups is 1. The van der Waals surface area contributed by atoms with E-state index in [1.165, 1.54) is 21.6 Å².